The summed E-state index contributed by atoms with van der Waals surface area (Å²) in [6, 6.07) is 21.9. The normalized spacial score (nSPS) is 13.9. The van der Waals surface area contributed by atoms with E-state index in [9.17, 15) is 13.2 Å². The van der Waals surface area contributed by atoms with E-state index in [0.29, 0.717) is 12.0 Å². The molecule has 0 aromatic heterocycles. The van der Waals surface area contributed by atoms with Crippen molar-refractivity contribution in [2.24, 2.45) is 5.41 Å². The van der Waals surface area contributed by atoms with Gasteiger partial charge in [-0.05, 0) is 46.8 Å². The summed E-state index contributed by atoms with van der Waals surface area (Å²) >= 11 is 0. The quantitative estimate of drug-likeness (QED) is 0.321. The van der Waals surface area contributed by atoms with Crippen LogP contribution in [0.3, 0.4) is 0 Å². The second-order valence-electron chi connectivity index (χ2n) is 9.24. The van der Waals surface area contributed by atoms with E-state index in [4.69, 9.17) is 4.53 Å². The zero-order valence-electron chi connectivity index (χ0n) is 18.3. The van der Waals surface area contributed by atoms with Crippen molar-refractivity contribution in [2.45, 2.75) is 39.7 Å². The Bertz CT molecular complexity index is 946. The SMILES string of the molecule is CC(C)(C)C[C@@](C)(NO[SiH](c1ccccc1)c1ccccc1)c1cc(F)c(F)c(F)c1. The molecule has 31 heavy (non-hydrogen) atoms. The molecule has 0 amide bonds. The lowest BCUT2D eigenvalue weighted by molar-refractivity contribution is 0.0673. The number of nitrogens with one attached hydrogen (secondary N) is 1. The van der Waals surface area contributed by atoms with E-state index in [2.05, 4.69) is 5.48 Å². The van der Waals surface area contributed by atoms with Gasteiger partial charge < -0.3 is 4.53 Å². The smallest absolute Gasteiger partial charge is 0.267 e. The van der Waals surface area contributed by atoms with Gasteiger partial charge in [0.1, 0.15) is 0 Å². The Morgan fingerprint density at radius 2 is 1.23 bits per heavy atom. The number of hydroxylamine groups is 1. The van der Waals surface area contributed by atoms with Crippen LogP contribution in [0, 0.1) is 22.9 Å². The molecule has 2 nitrogen and oxygen atoms in total. The Morgan fingerprint density at radius 1 is 0.774 bits per heavy atom. The van der Waals surface area contributed by atoms with E-state index in [1.807, 2.05) is 88.4 Å². The van der Waals surface area contributed by atoms with E-state index >= 15 is 0 Å². The number of halogens is 3. The van der Waals surface area contributed by atoms with Crippen LogP contribution in [0.15, 0.2) is 72.8 Å². The minimum atomic E-state index is -2.15. The summed E-state index contributed by atoms with van der Waals surface area (Å²) in [5.41, 5.74) is 2.31. The summed E-state index contributed by atoms with van der Waals surface area (Å²) in [4.78, 5) is 0. The molecule has 0 saturated heterocycles. The van der Waals surface area contributed by atoms with E-state index in [1.165, 1.54) is 0 Å². The Kier molecular flexibility index (Phi) is 7.04. The minimum absolute atomic E-state index is 0.191. The standard InChI is InChI=1S/C25H28F3NOSi/c1-24(2,3)17-25(4,18-15-21(26)23(28)22(27)16-18)29-30-31(19-11-7-5-8-12-19)20-13-9-6-10-14-20/h5-16,29,31H,17H2,1-4H3/t25-/m1/s1. The van der Waals surface area contributed by atoms with Crippen LogP contribution in [0.4, 0.5) is 13.2 Å². The zero-order chi connectivity index (χ0) is 22.6. The van der Waals surface area contributed by atoms with Gasteiger partial charge in [0.25, 0.3) is 9.04 Å². The van der Waals surface area contributed by atoms with Gasteiger partial charge in [-0.25, -0.2) is 18.7 Å². The first-order valence-electron chi connectivity index (χ1n) is 10.3. The summed E-state index contributed by atoms with van der Waals surface area (Å²) in [7, 11) is -2.15. The molecule has 0 heterocycles. The van der Waals surface area contributed by atoms with Crippen molar-refractivity contribution < 1.29 is 17.7 Å². The minimum Gasteiger partial charge on any atom is -0.337 e. The van der Waals surface area contributed by atoms with Crippen molar-refractivity contribution in [2.75, 3.05) is 0 Å². The first-order valence-corrected chi connectivity index (χ1v) is 11.9. The number of hydrogen-bond donors (Lipinski definition) is 1. The van der Waals surface area contributed by atoms with Crippen LogP contribution in [0.25, 0.3) is 0 Å². The molecule has 0 spiro atoms. The molecular formula is C25H28F3NOSi. The Balaban J connectivity index is 1.98. The lowest BCUT2D eigenvalue weighted by Gasteiger charge is -2.38. The molecule has 0 unspecified atom stereocenters. The molecule has 0 bridgehead atoms. The number of benzene rings is 3. The van der Waals surface area contributed by atoms with Crippen LogP contribution >= 0.6 is 0 Å². The van der Waals surface area contributed by atoms with Gasteiger partial charge in [0.05, 0.1) is 5.54 Å². The molecule has 0 aliphatic heterocycles. The molecule has 3 aromatic carbocycles. The second-order valence-corrected chi connectivity index (χ2v) is 11.6. The molecule has 0 aliphatic carbocycles. The summed E-state index contributed by atoms with van der Waals surface area (Å²) in [5, 5.41) is 2.13. The molecule has 6 heteroatoms. The second kappa shape index (κ2) is 9.38. The first kappa shape index (κ1) is 23.3. The number of rotatable bonds is 7. The Hall–Kier alpha value is -2.41. The highest BCUT2D eigenvalue weighted by molar-refractivity contribution is 6.79. The molecular weight excluding hydrogens is 415 g/mol. The van der Waals surface area contributed by atoms with Gasteiger partial charge in [0.15, 0.2) is 17.5 Å². The van der Waals surface area contributed by atoms with Gasteiger partial charge in [0, 0.05) is 0 Å². The average Bonchev–Trinajstić information content (AvgIpc) is 2.72. The predicted molar refractivity (Wildman–Crippen MR) is 121 cm³/mol. The van der Waals surface area contributed by atoms with Crippen molar-refractivity contribution in [3.05, 3.63) is 95.8 Å². The molecule has 0 aliphatic rings. The lowest BCUT2D eigenvalue weighted by atomic mass is 9.77. The van der Waals surface area contributed by atoms with Crippen LogP contribution in [0.5, 0.6) is 0 Å². The Labute approximate surface area is 183 Å². The fourth-order valence-corrected chi connectivity index (χ4v) is 6.08. The first-order chi connectivity index (χ1) is 14.6. The maximum Gasteiger partial charge on any atom is 0.267 e. The molecule has 3 aromatic rings. The predicted octanol–water partition coefficient (Wildman–Crippen LogP) is 4.81. The highest BCUT2D eigenvalue weighted by Crippen LogP contribution is 2.35. The van der Waals surface area contributed by atoms with E-state index < -0.39 is 32.0 Å². The molecule has 1 atom stereocenters. The van der Waals surface area contributed by atoms with Crippen LogP contribution in [0.2, 0.25) is 0 Å². The maximum absolute atomic E-state index is 14.1. The zero-order valence-corrected chi connectivity index (χ0v) is 19.4. The van der Waals surface area contributed by atoms with Crippen molar-refractivity contribution in [3.63, 3.8) is 0 Å². The van der Waals surface area contributed by atoms with Crippen LogP contribution in [0.1, 0.15) is 39.7 Å². The molecule has 3 rings (SSSR count). The fourth-order valence-electron chi connectivity index (χ4n) is 3.90. The van der Waals surface area contributed by atoms with Gasteiger partial charge >= 0.3 is 0 Å². The van der Waals surface area contributed by atoms with Gasteiger partial charge in [-0.2, -0.15) is 0 Å². The monoisotopic (exact) mass is 443 g/mol. The summed E-state index contributed by atoms with van der Waals surface area (Å²) in [6.07, 6.45) is 0.509. The Morgan fingerprint density at radius 3 is 1.65 bits per heavy atom. The van der Waals surface area contributed by atoms with Crippen LogP contribution in [-0.4, -0.2) is 9.04 Å². The third-order valence-electron chi connectivity index (χ3n) is 5.11. The largest absolute Gasteiger partial charge is 0.337 e. The molecule has 0 saturated carbocycles. The van der Waals surface area contributed by atoms with Gasteiger partial charge in [-0.15, -0.1) is 0 Å². The molecule has 0 radical (unpaired) electrons. The summed E-state index contributed by atoms with van der Waals surface area (Å²) in [6.45, 7) is 7.93. The third-order valence-corrected chi connectivity index (χ3v) is 7.45. The van der Waals surface area contributed by atoms with Crippen molar-refractivity contribution in [1.82, 2.24) is 5.48 Å². The maximum atomic E-state index is 14.1. The van der Waals surface area contributed by atoms with Crippen molar-refractivity contribution in [1.29, 1.82) is 0 Å². The topological polar surface area (TPSA) is 21.3 Å². The average molecular weight is 444 g/mol. The summed E-state index contributed by atoms with van der Waals surface area (Å²) in [5.74, 6) is -3.89. The van der Waals surface area contributed by atoms with Crippen LogP contribution < -0.4 is 15.9 Å². The molecule has 1 N–H and O–H groups in total. The van der Waals surface area contributed by atoms with Crippen molar-refractivity contribution >= 4 is 19.4 Å². The van der Waals surface area contributed by atoms with E-state index in [-0.39, 0.29) is 5.41 Å². The van der Waals surface area contributed by atoms with Gasteiger partial charge in [0.2, 0.25) is 0 Å². The highest BCUT2D eigenvalue weighted by atomic mass is 28.3. The lowest BCUT2D eigenvalue weighted by Crippen LogP contribution is -2.53. The van der Waals surface area contributed by atoms with Crippen molar-refractivity contribution in [3.8, 4) is 0 Å². The highest BCUT2D eigenvalue weighted by Gasteiger charge is 2.35. The third kappa shape index (κ3) is 5.85. The molecule has 0 fully saturated rings. The summed E-state index contributed by atoms with van der Waals surface area (Å²) < 4.78 is 48.1. The van der Waals surface area contributed by atoms with Crippen LogP contribution in [-0.2, 0) is 10.1 Å². The molecule has 164 valence electrons. The van der Waals surface area contributed by atoms with E-state index in [1.54, 1.807) is 0 Å². The fraction of sp³-hybridized carbons (Fsp3) is 0.280. The van der Waals surface area contributed by atoms with E-state index in [0.717, 1.165) is 22.5 Å². The van der Waals surface area contributed by atoms with Gasteiger partial charge in [-0.1, -0.05) is 81.4 Å². The van der Waals surface area contributed by atoms with Gasteiger partial charge in [-0.3, -0.25) is 0 Å². The number of hydrogen-bond acceptors (Lipinski definition) is 2.